The summed E-state index contributed by atoms with van der Waals surface area (Å²) >= 11 is 0. The maximum absolute atomic E-state index is 12.1. The first-order chi connectivity index (χ1) is 9.74. The standard InChI is InChI=1S/C13H15N5O2/c19-12(15-10-4-2-1-3-5-10)9-18-13(20)17-7-6-14-8-11(17)16-18/h1-5,14H,6-9H2,(H,15,19). The van der Waals surface area contributed by atoms with E-state index in [2.05, 4.69) is 15.7 Å². The zero-order valence-electron chi connectivity index (χ0n) is 10.9. The van der Waals surface area contributed by atoms with Crippen LogP contribution in [0, 0.1) is 0 Å². The molecule has 1 aliphatic heterocycles. The van der Waals surface area contributed by atoms with E-state index in [1.807, 2.05) is 18.2 Å². The average molecular weight is 273 g/mol. The van der Waals surface area contributed by atoms with Crippen molar-refractivity contribution in [3.8, 4) is 0 Å². The van der Waals surface area contributed by atoms with Crippen molar-refractivity contribution in [1.82, 2.24) is 19.7 Å². The summed E-state index contributed by atoms with van der Waals surface area (Å²) in [5, 5.41) is 10.0. The molecule has 2 aromatic rings. The van der Waals surface area contributed by atoms with E-state index in [1.165, 1.54) is 4.68 Å². The first-order valence-corrected chi connectivity index (χ1v) is 6.46. The maximum Gasteiger partial charge on any atom is 0.346 e. The Morgan fingerprint density at radius 1 is 1.35 bits per heavy atom. The summed E-state index contributed by atoms with van der Waals surface area (Å²) in [4.78, 5) is 24.0. The minimum Gasteiger partial charge on any atom is -0.324 e. The number of benzene rings is 1. The minimum atomic E-state index is -0.262. The summed E-state index contributed by atoms with van der Waals surface area (Å²) in [6.07, 6.45) is 0. The van der Waals surface area contributed by atoms with Crippen molar-refractivity contribution in [3.05, 3.63) is 46.6 Å². The van der Waals surface area contributed by atoms with Gasteiger partial charge < -0.3 is 10.6 Å². The molecule has 0 radical (unpaired) electrons. The molecule has 2 heterocycles. The third kappa shape index (κ3) is 2.48. The van der Waals surface area contributed by atoms with E-state index in [0.29, 0.717) is 24.6 Å². The highest BCUT2D eigenvalue weighted by Gasteiger charge is 2.17. The van der Waals surface area contributed by atoms with Crippen molar-refractivity contribution < 1.29 is 4.79 Å². The van der Waals surface area contributed by atoms with Crippen molar-refractivity contribution in [2.24, 2.45) is 0 Å². The van der Waals surface area contributed by atoms with Crippen LogP contribution in [-0.2, 0) is 24.4 Å². The predicted octanol–water partition coefficient (Wildman–Crippen LogP) is -0.213. The topological polar surface area (TPSA) is 81.0 Å². The molecule has 0 unspecified atom stereocenters. The third-order valence-electron chi connectivity index (χ3n) is 3.15. The van der Waals surface area contributed by atoms with Gasteiger partial charge in [0.05, 0.1) is 6.54 Å². The molecule has 0 saturated carbocycles. The molecule has 1 aliphatic rings. The molecule has 0 saturated heterocycles. The fourth-order valence-electron chi connectivity index (χ4n) is 2.19. The van der Waals surface area contributed by atoms with Gasteiger partial charge in [0.2, 0.25) is 5.91 Å². The van der Waals surface area contributed by atoms with Gasteiger partial charge in [0.1, 0.15) is 12.4 Å². The minimum absolute atomic E-state index is 0.0757. The van der Waals surface area contributed by atoms with Gasteiger partial charge in [-0.15, -0.1) is 0 Å². The molecule has 2 N–H and O–H groups in total. The molecule has 0 aliphatic carbocycles. The molecule has 104 valence electrons. The van der Waals surface area contributed by atoms with Crippen LogP contribution in [0.5, 0.6) is 0 Å². The average Bonchev–Trinajstić information content (AvgIpc) is 2.77. The van der Waals surface area contributed by atoms with Gasteiger partial charge in [-0.25, -0.2) is 9.48 Å². The van der Waals surface area contributed by atoms with Crippen LogP contribution in [0.15, 0.2) is 35.1 Å². The molecule has 0 fully saturated rings. The van der Waals surface area contributed by atoms with Crippen molar-refractivity contribution >= 4 is 11.6 Å². The molecule has 0 bridgehead atoms. The number of nitrogens with zero attached hydrogens (tertiary/aromatic N) is 3. The van der Waals surface area contributed by atoms with E-state index >= 15 is 0 Å². The van der Waals surface area contributed by atoms with E-state index < -0.39 is 0 Å². The van der Waals surface area contributed by atoms with E-state index in [4.69, 9.17) is 0 Å². The number of fused-ring (bicyclic) bond motifs is 1. The fourth-order valence-corrected chi connectivity index (χ4v) is 2.19. The number of para-hydroxylation sites is 1. The smallest absolute Gasteiger partial charge is 0.324 e. The molecule has 1 aromatic carbocycles. The quantitative estimate of drug-likeness (QED) is 0.810. The maximum atomic E-state index is 12.1. The molecule has 20 heavy (non-hydrogen) atoms. The largest absolute Gasteiger partial charge is 0.346 e. The van der Waals surface area contributed by atoms with E-state index in [9.17, 15) is 9.59 Å². The van der Waals surface area contributed by atoms with Gasteiger partial charge in [-0.1, -0.05) is 18.2 Å². The number of aromatic nitrogens is 3. The molecule has 7 heteroatoms. The first kappa shape index (κ1) is 12.6. The monoisotopic (exact) mass is 273 g/mol. The number of nitrogens with one attached hydrogen (secondary N) is 2. The van der Waals surface area contributed by atoms with Crippen molar-refractivity contribution in [3.63, 3.8) is 0 Å². The number of carbonyl (C=O) groups excluding carboxylic acids is 1. The van der Waals surface area contributed by atoms with Crippen molar-refractivity contribution in [2.45, 2.75) is 19.6 Å². The summed E-state index contributed by atoms with van der Waals surface area (Å²) in [6.45, 7) is 1.82. The Balaban J connectivity index is 1.73. The van der Waals surface area contributed by atoms with Crippen LogP contribution >= 0.6 is 0 Å². The summed E-state index contributed by atoms with van der Waals surface area (Å²) in [7, 11) is 0. The Bertz CT molecular complexity index is 674. The molecular weight excluding hydrogens is 258 g/mol. The lowest BCUT2D eigenvalue weighted by Gasteiger charge is -2.11. The van der Waals surface area contributed by atoms with Gasteiger partial charge in [0, 0.05) is 18.8 Å². The summed E-state index contributed by atoms with van der Waals surface area (Å²) in [5.41, 5.74) is 0.473. The Labute approximate surface area is 115 Å². The van der Waals surface area contributed by atoms with Crippen LogP contribution in [0.2, 0.25) is 0 Å². The van der Waals surface area contributed by atoms with Crippen LogP contribution < -0.4 is 16.3 Å². The van der Waals surface area contributed by atoms with E-state index in [1.54, 1.807) is 16.7 Å². The number of amides is 1. The van der Waals surface area contributed by atoms with Crippen LogP contribution in [-0.4, -0.2) is 26.8 Å². The van der Waals surface area contributed by atoms with E-state index in [0.717, 1.165) is 6.54 Å². The number of carbonyl (C=O) groups is 1. The van der Waals surface area contributed by atoms with Gasteiger partial charge >= 0.3 is 5.69 Å². The highest BCUT2D eigenvalue weighted by Crippen LogP contribution is 2.05. The highest BCUT2D eigenvalue weighted by atomic mass is 16.2. The zero-order chi connectivity index (χ0) is 13.9. The number of hydrogen-bond acceptors (Lipinski definition) is 4. The predicted molar refractivity (Wildman–Crippen MR) is 73.3 cm³/mol. The Kier molecular flexibility index (Phi) is 3.34. The van der Waals surface area contributed by atoms with Gasteiger partial charge in [0.15, 0.2) is 0 Å². The fraction of sp³-hybridized carbons (Fsp3) is 0.308. The lowest BCUT2D eigenvalue weighted by molar-refractivity contribution is -0.117. The van der Waals surface area contributed by atoms with Gasteiger partial charge in [-0.2, -0.15) is 5.10 Å². The zero-order valence-corrected chi connectivity index (χ0v) is 10.9. The lowest BCUT2D eigenvalue weighted by atomic mass is 10.3. The van der Waals surface area contributed by atoms with Gasteiger partial charge in [0.25, 0.3) is 0 Å². The second-order valence-electron chi connectivity index (χ2n) is 4.60. The molecular formula is C13H15N5O2. The molecule has 0 spiro atoms. The van der Waals surface area contributed by atoms with Crippen LogP contribution in [0.1, 0.15) is 5.82 Å². The summed E-state index contributed by atoms with van der Waals surface area (Å²) in [5.74, 6) is 0.412. The second kappa shape index (κ2) is 5.30. The Morgan fingerprint density at radius 3 is 2.90 bits per heavy atom. The van der Waals surface area contributed by atoms with Crippen LogP contribution in [0.3, 0.4) is 0 Å². The highest BCUT2D eigenvalue weighted by molar-refractivity contribution is 5.90. The van der Waals surface area contributed by atoms with Crippen LogP contribution in [0.25, 0.3) is 0 Å². The van der Waals surface area contributed by atoms with Gasteiger partial charge in [-0.3, -0.25) is 9.36 Å². The summed E-state index contributed by atoms with van der Waals surface area (Å²) < 4.78 is 2.81. The second-order valence-corrected chi connectivity index (χ2v) is 4.60. The van der Waals surface area contributed by atoms with E-state index in [-0.39, 0.29) is 18.1 Å². The third-order valence-corrected chi connectivity index (χ3v) is 3.15. The number of rotatable bonds is 3. The number of hydrogen-bond donors (Lipinski definition) is 2. The lowest BCUT2D eigenvalue weighted by Crippen LogP contribution is -2.35. The molecule has 1 amide bonds. The molecule has 1 aromatic heterocycles. The molecule has 3 rings (SSSR count). The first-order valence-electron chi connectivity index (χ1n) is 6.46. The van der Waals surface area contributed by atoms with Crippen molar-refractivity contribution in [2.75, 3.05) is 11.9 Å². The normalized spacial score (nSPS) is 13.8. The number of anilines is 1. The van der Waals surface area contributed by atoms with Crippen LogP contribution in [0.4, 0.5) is 5.69 Å². The Morgan fingerprint density at radius 2 is 2.15 bits per heavy atom. The SMILES string of the molecule is O=C(Cn1nc2n(c1=O)CCNC2)Nc1ccccc1. The van der Waals surface area contributed by atoms with Crippen molar-refractivity contribution in [1.29, 1.82) is 0 Å². The molecule has 7 nitrogen and oxygen atoms in total. The Hall–Kier alpha value is -2.41. The van der Waals surface area contributed by atoms with Gasteiger partial charge in [-0.05, 0) is 12.1 Å². The summed E-state index contributed by atoms with van der Waals surface area (Å²) in [6, 6.07) is 9.13. The molecule has 0 atom stereocenters.